The van der Waals surface area contributed by atoms with Gasteiger partial charge in [-0.1, -0.05) is 29.8 Å². The lowest BCUT2D eigenvalue weighted by molar-refractivity contribution is 0.237. The van der Waals surface area contributed by atoms with Crippen molar-refractivity contribution in [1.29, 1.82) is 0 Å². The van der Waals surface area contributed by atoms with Crippen molar-refractivity contribution in [3.05, 3.63) is 77.3 Å². The van der Waals surface area contributed by atoms with Gasteiger partial charge in [-0.05, 0) is 67.6 Å². The molecule has 1 aromatic carbocycles. The molecule has 1 fully saturated rings. The number of rotatable bonds is 5. The summed E-state index contributed by atoms with van der Waals surface area (Å²) in [6.07, 6.45) is 6.14. The van der Waals surface area contributed by atoms with Crippen LogP contribution in [0.15, 0.2) is 60.9 Å². The highest BCUT2D eigenvalue weighted by Crippen LogP contribution is 2.20. The topological polar surface area (TPSA) is 38.2 Å². The molecule has 0 amide bonds. The maximum Gasteiger partial charge on any atom is 0.123 e. The smallest absolute Gasteiger partial charge is 0.123 e. The molecule has 0 N–H and O–H groups in total. The molecule has 1 saturated heterocycles. The van der Waals surface area contributed by atoms with Gasteiger partial charge in [-0.15, -0.1) is 0 Å². The first-order chi connectivity index (χ1) is 14.3. The fourth-order valence-electron chi connectivity index (χ4n) is 3.28. The molecule has 0 radical (unpaired) electrons. The summed E-state index contributed by atoms with van der Waals surface area (Å²) >= 11 is 5.94. The van der Waals surface area contributed by atoms with Gasteiger partial charge in [0, 0.05) is 35.6 Å². The summed E-state index contributed by atoms with van der Waals surface area (Å²) in [5, 5.41) is 0.721. The van der Waals surface area contributed by atoms with E-state index < -0.39 is 0 Å². The minimum Gasteiger partial charge on any atom is -0.492 e. The first kappa shape index (κ1) is 19.4. The highest BCUT2D eigenvalue weighted by Gasteiger charge is 2.10. The molecule has 4 rings (SSSR count). The van der Waals surface area contributed by atoms with Crippen LogP contribution in [0.3, 0.4) is 0 Å². The second-order valence-electron chi connectivity index (χ2n) is 6.96. The van der Waals surface area contributed by atoms with E-state index in [1.807, 2.05) is 54.7 Å². The number of likely N-dealkylation sites (tertiary alicyclic amines) is 1. The molecule has 2 aromatic heterocycles. The zero-order valence-electron chi connectivity index (χ0n) is 16.1. The third-order valence-corrected chi connectivity index (χ3v) is 5.12. The van der Waals surface area contributed by atoms with Crippen LogP contribution in [-0.2, 0) is 0 Å². The first-order valence-electron chi connectivity index (χ1n) is 9.81. The Kier molecular flexibility index (Phi) is 6.41. The SMILES string of the molecule is Clc1ccc(-c2ccc(C#Cc3cc(OCCN4CCCC4)ccn3)nc2)cc1. The van der Waals surface area contributed by atoms with Crippen molar-refractivity contribution in [3.63, 3.8) is 0 Å². The number of halogens is 1. The molecule has 0 unspecified atom stereocenters. The van der Waals surface area contributed by atoms with E-state index in [0.29, 0.717) is 18.0 Å². The van der Waals surface area contributed by atoms with E-state index in [1.165, 1.54) is 25.9 Å². The molecule has 3 heterocycles. The van der Waals surface area contributed by atoms with E-state index in [1.54, 1.807) is 6.20 Å². The van der Waals surface area contributed by atoms with Crippen molar-refractivity contribution in [1.82, 2.24) is 14.9 Å². The molecule has 146 valence electrons. The predicted octanol–water partition coefficient (Wildman–Crippen LogP) is 4.67. The van der Waals surface area contributed by atoms with Crippen LogP contribution in [0.1, 0.15) is 24.2 Å². The largest absolute Gasteiger partial charge is 0.492 e. The van der Waals surface area contributed by atoms with Gasteiger partial charge in [-0.2, -0.15) is 0 Å². The monoisotopic (exact) mass is 403 g/mol. The quantitative estimate of drug-likeness (QED) is 0.580. The maximum atomic E-state index is 5.94. The van der Waals surface area contributed by atoms with Gasteiger partial charge >= 0.3 is 0 Å². The van der Waals surface area contributed by atoms with E-state index >= 15 is 0 Å². The van der Waals surface area contributed by atoms with Gasteiger partial charge in [-0.25, -0.2) is 9.97 Å². The van der Waals surface area contributed by atoms with Crippen molar-refractivity contribution in [2.24, 2.45) is 0 Å². The summed E-state index contributed by atoms with van der Waals surface area (Å²) in [5.41, 5.74) is 3.47. The lowest BCUT2D eigenvalue weighted by Gasteiger charge is -2.14. The van der Waals surface area contributed by atoms with Gasteiger partial charge in [0.1, 0.15) is 23.7 Å². The standard InChI is InChI=1S/C24H22ClN3O/c25-21-6-3-19(4-7-21)20-5-8-22(27-18-20)9-10-23-17-24(11-12-26-23)29-16-15-28-13-1-2-14-28/h3-8,11-12,17-18H,1-2,13-16H2. The minimum absolute atomic E-state index is 0.673. The molecule has 29 heavy (non-hydrogen) atoms. The second kappa shape index (κ2) is 9.56. The van der Waals surface area contributed by atoms with Crippen molar-refractivity contribution in [2.45, 2.75) is 12.8 Å². The van der Waals surface area contributed by atoms with Crippen molar-refractivity contribution < 1.29 is 4.74 Å². The number of nitrogens with zero attached hydrogens (tertiary/aromatic N) is 3. The summed E-state index contributed by atoms with van der Waals surface area (Å²) in [6.45, 7) is 4.01. The average molecular weight is 404 g/mol. The van der Waals surface area contributed by atoms with Gasteiger partial charge in [0.25, 0.3) is 0 Å². The Hall–Kier alpha value is -2.87. The number of hydrogen-bond donors (Lipinski definition) is 0. The van der Waals surface area contributed by atoms with Gasteiger partial charge in [0.05, 0.1) is 0 Å². The van der Waals surface area contributed by atoms with Gasteiger partial charge in [-0.3, -0.25) is 4.90 Å². The molecular formula is C24H22ClN3O. The number of aromatic nitrogens is 2. The van der Waals surface area contributed by atoms with Gasteiger partial charge in [0.2, 0.25) is 0 Å². The van der Waals surface area contributed by atoms with Gasteiger partial charge in [0.15, 0.2) is 0 Å². The molecule has 4 nitrogen and oxygen atoms in total. The Morgan fingerprint density at radius 3 is 2.41 bits per heavy atom. The van der Waals surface area contributed by atoms with Gasteiger partial charge < -0.3 is 4.74 Å². The molecule has 1 aliphatic rings. The van der Waals surface area contributed by atoms with Crippen LogP contribution in [0.2, 0.25) is 5.02 Å². The summed E-state index contributed by atoms with van der Waals surface area (Å²) in [6, 6.07) is 15.4. The van der Waals surface area contributed by atoms with E-state index in [-0.39, 0.29) is 0 Å². The zero-order chi connectivity index (χ0) is 19.9. The van der Waals surface area contributed by atoms with Crippen LogP contribution >= 0.6 is 11.6 Å². The predicted molar refractivity (Wildman–Crippen MR) is 116 cm³/mol. The fraction of sp³-hybridized carbons (Fsp3) is 0.250. The molecule has 0 bridgehead atoms. The highest BCUT2D eigenvalue weighted by atomic mass is 35.5. The average Bonchev–Trinajstić information content (AvgIpc) is 3.27. The highest BCUT2D eigenvalue weighted by molar-refractivity contribution is 6.30. The van der Waals surface area contributed by atoms with Crippen LogP contribution in [0.25, 0.3) is 11.1 Å². The minimum atomic E-state index is 0.673. The normalized spacial score (nSPS) is 13.7. The fourth-order valence-corrected chi connectivity index (χ4v) is 3.40. The third kappa shape index (κ3) is 5.57. The van der Waals surface area contributed by atoms with Crippen LogP contribution in [0.5, 0.6) is 5.75 Å². The van der Waals surface area contributed by atoms with Crippen LogP contribution in [0.4, 0.5) is 0 Å². The van der Waals surface area contributed by atoms with Crippen LogP contribution < -0.4 is 4.74 Å². The maximum absolute atomic E-state index is 5.94. The second-order valence-corrected chi connectivity index (χ2v) is 7.40. The van der Waals surface area contributed by atoms with Crippen molar-refractivity contribution >= 4 is 11.6 Å². The number of ether oxygens (including phenoxy) is 1. The molecule has 0 saturated carbocycles. The lowest BCUT2D eigenvalue weighted by Crippen LogP contribution is -2.25. The van der Waals surface area contributed by atoms with E-state index in [2.05, 4.69) is 26.7 Å². The summed E-state index contributed by atoms with van der Waals surface area (Å²) in [5.74, 6) is 6.94. The Labute approximate surface area is 176 Å². The number of pyridine rings is 2. The van der Waals surface area contributed by atoms with Crippen molar-refractivity contribution in [3.8, 4) is 28.7 Å². The first-order valence-corrected chi connectivity index (χ1v) is 10.2. The lowest BCUT2D eigenvalue weighted by atomic mass is 10.1. The number of benzene rings is 1. The molecule has 0 spiro atoms. The molecule has 1 aliphatic heterocycles. The van der Waals surface area contributed by atoms with Crippen LogP contribution in [-0.4, -0.2) is 41.1 Å². The summed E-state index contributed by atoms with van der Waals surface area (Å²) in [7, 11) is 0. The van der Waals surface area contributed by atoms with Crippen molar-refractivity contribution in [2.75, 3.05) is 26.2 Å². The summed E-state index contributed by atoms with van der Waals surface area (Å²) < 4.78 is 5.86. The Morgan fingerprint density at radius 1 is 0.897 bits per heavy atom. The number of hydrogen-bond acceptors (Lipinski definition) is 4. The molecule has 3 aromatic rings. The zero-order valence-corrected chi connectivity index (χ0v) is 16.9. The summed E-state index contributed by atoms with van der Waals surface area (Å²) in [4.78, 5) is 11.2. The Morgan fingerprint density at radius 2 is 1.66 bits per heavy atom. The van der Waals surface area contributed by atoms with E-state index in [4.69, 9.17) is 16.3 Å². The third-order valence-electron chi connectivity index (χ3n) is 4.87. The molecule has 0 aliphatic carbocycles. The Bertz CT molecular complexity index is 1000. The Balaban J connectivity index is 1.37. The van der Waals surface area contributed by atoms with E-state index in [9.17, 15) is 0 Å². The van der Waals surface area contributed by atoms with E-state index in [0.717, 1.165) is 28.4 Å². The van der Waals surface area contributed by atoms with Crippen LogP contribution in [0, 0.1) is 11.8 Å². The molecule has 5 heteroatoms. The molecule has 0 atom stereocenters. The molecular weight excluding hydrogens is 382 g/mol.